The lowest BCUT2D eigenvalue weighted by Gasteiger charge is -2.30. The Balaban J connectivity index is 1.27. The van der Waals surface area contributed by atoms with Gasteiger partial charge in [-0.15, -0.1) is 0 Å². The molecular weight excluding hydrogens is 464 g/mol. The number of rotatable bonds is 9. The summed E-state index contributed by atoms with van der Waals surface area (Å²) in [5, 5.41) is 10.1. The Morgan fingerprint density at radius 1 is 1.17 bits per heavy atom. The number of nitrogens with zero attached hydrogens (tertiary/aromatic N) is 3. The molecule has 2 aliphatic carbocycles. The van der Waals surface area contributed by atoms with Crippen molar-refractivity contribution in [1.29, 1.82) is 0 Å². The second-order valence-electron chi connectivity index (χ2n) is 10.4. The van der Waals surface area contributed by atoms with Crippen LogP contribution in [0, 0.1) is 17.8 Å². The van der Waals surface area contributed by atoms with E-state index >= 15 is 0 Å². The lowest BCUT2D eigenvalue weighted by molar-refractivity contribution is 0.102. The molecule has 9 heteroatoms. The fourth-order valence-electron chi connectivity index (χ4n) is 4.94. The van der Waals surface area contributed by atoms with Crippen LogP contribution < -0.4 is 10.6 Å². The zero-order valence-corrected chi connectivity index (χ0v) is 20.7. The van der Waals surface area contributed by atoms with Gasteiger partial charge in [-0.3, -0.25) is 9.48 Å². The molecule has 1 amide bonds. The maximum Gasteiger partial charge on any atom is 0.284 e. The molecular formula is C27H33F2N5O2. The summed E-state index contributed by atoms with van der Waals surface area (Å²) >= 11 is 0. The Kier molecular flexibility index (Phi) is 7.07. The molecule has 0 radical (unpaired) electrons. The molecule has 0 aromatic carbocycles. The molecule has 2 fully saturated rings. The van der Waals surface area contributed by atoms with Gasteiger partial charge < -0.3 is 15.1 Å². The number of hydrogen-bond acceptors (Lipinski definition) is 5. The van der Waals surface area contributed by atoms with Crippen LogP contribution in [-0.2, 0) is 0 Å². The van der Waals surface area contributed by atoms with E-state index in [1.165, 1.54) is 19.1 Å². The molecule has 5 rings (SSSR count). The molecule has 0 unspecified atom stereocenters. The minimum absolute atomic E-state index is 0.0409. The van der Waals surface area contributed by atoms with E-state index in [2.05, 4.69) is 34.6 Å². The van der Waals surface area contributed by atoms with Gasteiger partial charge in [0.05, 0.1) is 17.3 Å². The van der Waals surface area contributed by atoms with Crippen molar-refractivity contribution in [3.8, 4) is 11.3 Å². The van der Waals surface area contributed by atoms with Crippen molar-refractivity contribution in [3.05, 3.63) is 48.1 Å². The van der Waals surface area contributed by atoms with E-state index < -0.39 is 18.0 Å². The number of halogens is 2. The van der Waals surface area contributed by atoms with Gasteiger partial charge in [-0.05, 0) is 74.5 Å². The van der Waals surface area contributed by atoms with E-state index in [0.717, 1.165) is 43.6 Å². The highest BCUT2D eigenvalue weighted by Crippen LogP contribution is 2.37. The van der Waals surface area contributed by atoms with Crippen molar-refractivity contribution in [1.82, 2.24) is 14.8 Å². The van der Waals surface area contributed by atoms with Gasteiger partial charge in [-0.25, -0.2) is 13.8 Å². The number of carbonyl (C=O) groups excluding carboxylic acids is 1. The fourth-order valence-corrected chi connectivity index (χ4v) is 4.94. The Labute approximate surface area is 209 Å². The van der Waals surface area contributed by atoms with Gasteiger partial charge in [0.25, 0.3) is 12.3 Å². The lowest BCUT2D eigenvalue weighted by Crippen LogP contribution is -2.21. The molecule has 3 aromatic rings. The number of nitrogens with one attached hydrogen (secondary N) is 2. The standard InChI is InChI=1S/C27H33F2N5O2/c1-16(2)18-5-7-21(8-6-18)34-14-22(25(33-34)26(28)29)32-27(35)20-11-23(36-15-20)19-9-10-30-24(12-19)31-13-17-3-4-17/h9-12,14-18,21,26H,3-8,13H2,1-2H3,(H,30,31)(H,32,35)/t18-,21-. The Morgan fingerprint density at radius 2 is 1.94 bits per heavy atom. The predicted molar refractivity (Wildman–Crippen MR) is 134 cm³/mol. The van der Waals surface area contributed by atoms with Gasteiger partial charge in [0.2, 0.25) is 0 Å². The van der Waals surface area contributed by atoms with E-state index in [0.29, 0.717) is 23.5 Å². The van der Waals surface area contributed by atoms with Crippen LogP contribution >= 0.6 is 0 Å². The van der Waals surface area contributed by atoms with Crippen molar-refractivity contribution >= 4 is 17.4 Å². The molecule has 0 atom stereocenters. The lowest BCUT2D eigenvalue weighted by atomic mass is 9.80. The third-order valence-electron chi connectivity index (χ3n) is 7.45. The summed E-state index contributed by atoms with van der Waals surface area (Å²) < 4.78 is 34.7. The van der Waals surface area contributed by atoms with Crippen LogP contribution in [-0.4, -0.2) is 27.2 Å². The number of carbonyl (C=O) groups is 1. The Hall–Kier alpha value is -3.23. The molecule has 7 nitrogen and oxygen atoms in total. The zero-order chi connectivity index (χ0) is 25.2. The van der Waals surface area contributed by atoms with Gasteiger partial charge in [-0.1, -0.05) is 13.8 Å². The number of alkyl halides is 2. The zero-order valence-electron chi connectivity index (χ0n) is 20.7. The third kappa shape index (κ3) is 5.60. The second-order valence-corrected chi connectivity index (χ2v) is 10.4. The topological polar surface area (TPSA) is 85.0 Å². The molecule has 0 bridgehead atoms. The highest BCUT2D eigenvalue weighted by molar-refractivity contribution is 6.04. The van der Waals surface area contributed by atoms with Crippen LogP contribution in [0.4, 0.5) is 20.3 Å². The molecule has 192 valence electrons. The number of pyridine rings is 1. The van der Waals surface area contributed by atoms with Crippen molar-refractivity contribution in [2.24, 2.45) is 17.8 Å². The number of furan rings is 1. The van der Waals surface area contributed by atoms with Crippen LogP contribution in [0.3, 0.4) is 0 Å². The summed E-state index contributed by atoms with van der Waals surface area (Å²) in [6.07, 6.45) is 8.17. The number of hydrogen-bond donors (Lipinski definition) is 2. The maximum absolute atomic E-state index is 13.8. The van der Waals surface area contributed by atoms with Gasteiger partial charge in [0.1, 0.15) is 17.8 Å². The first kappa shape index (κ1) is 24.5. The van der Waals surface area contributed by atoms with Crippen molar-refractivity contribution in [3.63, 3.8) is 0 Å². The van der Waals surface area contributed by atoms with E-state index in [4.69, 9.17) is 4.42 Å². The van der Waals surface area contributed by atoms with E-state index in [-0.39, 0.29) is 17.3 Å². The smallest absolute Gasteiger partial charge is 0.284 e. The van der Waals surface area contributed by atoms with Crippen LogP contribution in [0.25, 0.3) is 11.3 Å². The number of anilines is 2. The number of aromatic nitrogens is 3. The number of amides is 1. The second kappa shape index (κ2) is 10.4. The first-order valence-corrected chi connectivity index (χ1v) is 12.8. The highest BCUT2D eigenvalue weighted by Gasteiger charge is 2.28. The summed E-state index contributed by atoms with van der Waals surface area (Å²) in [7, 11) is 0. The van der Waals surface area contributed by atoms with Crippen molar-refractivity contribution in [2.75, 3.05) is 17.2 Å². The molecule has 36 heavy (non-hydrogen) atoms. The largest absolute Gasteiger partial charge is 0.464 e. The average molecular weight is 498 g/mol. The third-order valence-corrected chi connectivity index (χ3v) is 7.45. The predicted octanol–water partition coefficient (Wildman–Crippen LogP) is 6.94. The molecule has 3 aromatic heterocycles. The Morgan fingerprint density at radius 3 is 2.64 bits per heavy atom. The van der Waals surface area contributed by atoms with Crippen LogP contribution in [0.1, 0.15) is 80.9 Å². The summed E-state index contributed by atoms with van der Waals surface area (Å²) in [6.45, 7) is 5.34. The van der Waals surface area contributed by atoms with Gasteiger partial charge >= 0.3 is 0 Å². The molecule has 3 heterocycles. The molecule has 0 saturated heterocycles. The van der Waals surface area contributed by atoms with E-state index in [1.54, 1.807) is 29.2 Å². The molecule has 2 N–H and O–H groups in total. The molecule has 0 aliphatic heterocycles. The monoisotopic (exact) mass is 497 g/mol. The van der Waals surface area contributed by atoms with E-state index in [9.17, 15) is 13.6 Å². The fraction of sp³-hybridized carbons (Fsp3) is 0.519. The average Bonchev–Trinajstić information content (AvgIpc) is 3.39. The summed E-state index contributed by atoms with van der Waals surface area (Å²) in [5.74, 6) is 2.73. The van der Waals surface area contributed by atoms with Gasteiger partial charge in [0, 0.05) is 24.5 Å². The quantitative estimate of drug-likeness (QED) is 0.335. The van der Waals surface area contributed by atoms with Gasteiger partial charge in [-0.2, -0.15) is 5.10 Å². The molecule has 2 aliphatic rings. The van der Waals surface area contributed by atoms with Crippen LogP contribution in [0.5, 0.6) is 0 Å². The minimum atomic E-state index is -2.79. The summed E-state index contributed by atoms with van der Waals surface area (Å²) in [5.41, 5.74) is 0.665. The van der Waals surface area contributed by atoms with Crippen LogP contribution in [0.15, 0.2) is 41.3 Å². The van der Waals surface area contributed by atoms with Crippen molar-refractivity contribution < 1.29 is 18.0 Å². The van der Waals surface area contributed by atoms with E-state index in [1.807, 2.05) is 6.07 Å². The molecule has 0 spiro atoms. The normalized spacial score (nSPS) is 20.2. The molecule has 2 saturated carbocycles. The van der Waals surface area contributed by atoms with Gasteiger partial charge in [0.15, 0.2) is 5.69 Å². The minimum Gasteiger partial charge on any atom is -0.464 e. The highest BCUT2D eigenvalue weighted by atomic mass is 19.3. The first-order valence-electron chi connectivity index (χ1n) is 12.8. The summed E-state index contributed by atoms with van der Waals surface area (Å²) in [6, 6.07) is 5.35. The Bertz CT molecular complexity index is 1190. The van der Waals surface area contributed by atoms with Crippen molar-refractivity contribution in [2.45, 2.75) is 64.8 Å². The maximum atomic E-state index is 13.8. The van der Waals surface area contributed by atoms with Crippen LogP contribution in [0.2, 0.25) is 0 Å². The summed E-state index contributed by atoms with van der Waals surface area (Å²) in [4.78, 5) is 17.2. The SMILES string of the molecule is CC(C)[C@H]1CC[C@H](n2cc(NC(=O)c3coc(-c4ccnc(NCC5CC5)c4)c3)c(C(F)F)n2)CC1. The first-order chi connectivity index (χ1) is 17.4.